The van der Waals surface area contributed by atoms with E-state index in [4.69, 9.17) is 9.84 Å². The summed E-state index contributed by atoms with van der Waals surface area (Å²) in [5.74, 6) is 0.0898. The van der Waals surface area contributed by atoms with E-state index in [9.17, 15) is 4.79 Å². The Kier molecular flexibility index (Phi) is 6.36. The first kappa shape index (κ1) is 12.5. The second-order valence-electron chi connectivity index (χ2n) is 4.09. The molecule has 0 aromatic carbocycles. The van der Waals surface area contributed by atoms with E-state index in [1.165, 1.54) is 19.3 Å². The minimum Gasteiger partial charge on any atom is -0.481 e. The molecule has 88 valence electrons. The largest absolute Gasteiger partial charge is 0.481 e. The number of nitrogens with one attached hydrogen (secondary N) is 1. The predicted molar refractivity (Wildman–Crippen MR) is 57.9 cm³/mol. The molecule has 0 unspecified atom stereocenters. The normalized spacial score (nSPS) is 17.9. The minimum absolute atomic E-state index is 0.268. The minimum atomic E-state index is -0.707. The van der Waals surface area contributed by atoms with Crippen LogP contribution in [-0.4, -0.2) is 37.4 Å². The highest BCUT2D eigenvalue weighted by Gasteiger charge is 2.12. The summed E-state index contributed by atoms with van der Waals surface area (Å²) in [5, 5.41) is 11.7. The van der Waals surface area contributed by atoms with Gasteiger partial charge in [-0.15, -0.1) is 0 Å². The molecule has 1 saturated heterocycles. The second kappa shape index (κ2) is 7.65. The second-order valence-corrected chi connectivity index (χ2v) is 4.09. The molecule has 1 aliphatic rings. The van der Waals surface area contributed by atoms with Gasteiger partial charge in [-0.2, -0.15) is 0 Å². The molecule has 4 nitrogen and oxygen atoms in total. The van der Waals surface area contributed by atoms with Crippen LogP contribution in [0.2, 0.25) is 0 Å². The van der Waals surface area contributed by atoms with Crippen molar-refractivity contribution in [2.24, 2.45) is 5.92 Å². The number of carbonyl (C=O) groups is 1. The molecule has 0 aromatic heterocycles. The quantitative estimate of drug-likeness (QED) is 0.628. The average molecular weight is 215 g/mol. The van der Waals surface area contributed by atoms with Gasteiger partial charge in [-0.05, 0) is 44.7 Å². The third-order valence-electron chi connectivity index (χ3n) is 2.81. The van der Waals surface area contributed by atoms with Crippen LogP contribution in [0, 0.1) is 5.92 Å². The van der Waals surface area contributed by atoms with Crippen LogP contribution in [0.3, 0.4) is 0 Å². The lowest BCUT2D eigenvalue weighted by Crippen LogP contribution is -2.23. The summed E-state index contributed by atoms with van der Waals surface area (Å²) < 4.78 is 5.29. The number of ether oxygens (including phenoxy) is 1. The number of hydrogen-bond acceptors (Lipinski definition) is 3. The zero-order chi connectivity index (χ0) is 10.9. The summed E-state index contributed by atoms with van der Waals surface area (Å²) in [6.07, 6.45) is 4.54. The van der Waals surface area contributed by atoms with Gasteiger partial charge in [0.1, 0.15) is 0 Å². The first-order chi connectivity index (χ1) is 7.29. The van der Waals surface area contributed by atoms with Crippen molar-refractivity contribution < 1.29 is 14.6 Å². The van der Waals surface area contributed by atoms with E-state index in [0.717, 1.165) is 38.6 Å². The fourth-order valence-electron chi connectivity index (χ4n) is 1.83. The summed E-state index contributed by atoms with van der Waals surface area (Å²) in [7, 11) is 0. The molecule has 15 heavy (non-hydrogen) atoms. The summed E-state index contributed by atoms with van der Waals surface area (Å²) in [5.41, 5.74) is 0. The maximum Gasteiger partial charge on any atom is 0.303 e. The Morgan fingerprint density at radius 1 is 1.33 bits per heavy atom. The van der Waals surface area contributed by atoms with Crippen LogP contribution in [-0.2, 0) is 9.53 Å². The molecule has 1 rings (SSSR count). The van der Waals surface area contributed by atoms with Gasteiger partial charge in [0.15, 0.2) is 0 Å². The van der Waals surface area contributed by atoms with Gasteiger partial charge in [-0.3, -0.25) is 4.79 Å². The highest BCUT2D eigenvalue weighted by atomic mass is 16.5. The number of aliphatic carboxylic acids is 1. The maximum absolute atomic E-state index is 10.2. The SMILES string of the molecule is O=C(O)CCCNCCC1CCOCC1. The lowest BCUT2D eigenvalue weighted by atomic mass is 9.97. The fourth-order valence-corrected chi connectivity index (χ4v) is 1.83. The zero-order valence-corrected chi connectivity index (χ0v) is 9.21. The molecule has 0 radical (unpaired) electrons. The summed E-state index contributed by atoms with van der Waals surface area (Å²) in [6.45, 7) is 3.63. The molecule has 0 saturated carbocycles. The Labute approximate surface area is 91.0 Å². The highest BCUT2D eigenvalue weighted by Crippen LogP contribution is 2.17. The van der Waals surface area contributed by atoms with Crippen molar-refractivity contribution in [3.05, 3.63) is 0 Å². The Morgan fingerprint density at radius 3 is 2.73 bits per heavy atom. The number of carboxylic acids is 1. The molecule has 4 heteroatoms. The van der Waals surface area contributed by atoms with Gasteiger partial charge in [0.2, 0.25) is 0 Å². The van der Waals surface area contributed by atoms with Gasteiger partial charge in [0.05, 0.1) is 0 Å². The van der Waals surface area contributed by atoms with Gasteiger partial charge in [0.25, 0.3) is 0 Å². The number of rotatable bonds is 7. The Morgan fingerprint density at radius 2 is 2.07 bits per heavy atom. The molecule has 1 heterocycles. The standard InChI is InChI=1S/C11H21NO3/c13-11(14)2-1-6-12-7-3-10-4-8-15-9-5-10/h10,12H,1-9H2,(H,13,14). The van der Waals surface area contributed by atoms with E-state index in [0.29, 0.717) is 0 Å². The molecule has 2 N–H and O–H groups in total. The molecule has 0 spiro atoms. The van der Waals surface area contributed by atoms with Gasteiger partial charge >= 0.3 is 5.97 Å². The molecule has 1 aliphatic heterocycles. The van der Waals surface area contributed by atoms with Crippen LogP contribution < -0.4 is 5.32 Å². The smallest absolute Gasteiger partial charge is 0.303 e. The zero-order valence-electron chi connectivity index (χ0n) is 9.21. The van der Waals surface area contributed by atoms with E-state index >= 15 is 0 Å². The Hall–Kier alpha value is -0.610. The van der Waals surface area contributed by atoms with E-state index in [2.05, 4.69) is 5.32 Å². The molecule has 0 amide bonds. The first-order valence-electron chi connectivity index (χ1n) is 5.79. The van der Waals surface area contributed by atoms with Crippen LogP contribution in [0.4, 0.5) is 0 Å². The van der Waals surface area contributed by atoms with Gasteiger partial charge in [-0.1, -0.05) is 0 Å². The van der Waals surface area contributed by atoms with Crippen molar-refractivity contribution in [2.45, 2.75) is 32.1 Å². The third kappa shape index (κ3) is 6.47. The topological polar surface area (TPSA) is 58.6 Å². The predicted octanol–water partition coefficient (Wildman–Crippen LogP) is 1.26. The van der Waals surface area contributed by atoms with E-state index in [1.54, 1.807) is 0 Å². The van der Waals surface area contributed by atoms with Crippen LogP contribution in [0.25, 0.3) is 0 Å². The average Bonchev–Trinajstić information content (AvgIpc) is 2.24. The Bertz CT molecular complexity index is 179. The van der Waals surface area contributed by atoms with Crippen molar-refractivity contribution in [2.75, 3.05) is 26.3 Å². The van der Waals surface area contributed by atoms with Crippen LogP contribution in [0.5, 0.6) is 0 Å². The molecule has 0 aromatic rings. The van der Waals surface area contributed by atoms with Crippen molar-refractivity contribution in [3.8, 4) is 0 Å². The first-order valence-corrected chi connectivity index (χ1v) is 5.79. The molecule has 0 atom stereocenters. The van der Waals surface area contributed by atoms with Crippen molar-refractivity contribution >= 4 is 5.97 Å². The van der Waals surface area contributed by atoms with E-state index < -0.39 is 5.97 Å². The summed E-state index contributed by atoms with van der Waals surface area (Å²) in [4.78, 5) is 10.2. The van der Waals surface area contributed by atoms with Crippen LogP contribution in [0.1, 0.15) is 32.1 Å². The molecular weight excluding hydrogens is 194 g/mol. The van der Waals surface area contributed by atoms with E-state index in [1.807, 2.05) is 0 Å². The molecule has 0 aliphatic carbocycles. The molecular formula is C11H21NO3. The van der Waals surface area contributed by atoms with Crippen LogP contribution in [0.15, 0.2) is 0 Å². The van der Waals surface area contributed by atoms with Gasteiger partial charge in [-0.25, -0.2) is 0 Å². The summed E-state index contributed by atoms with van der Waals surface area (Å²) in [6, 6.07) is 0. The maximum atomic E-state index is 10.2. The number of hydrogen-bond donors (Lipinski definition) is 2. The van der Waals surface area contributed by atoms with Crippen molar-refractivity contribution in [3.63, 3.8) is 0 Å². The van der Waals surface area contributed by atoms with Gasteiger partial charge < -0.3 is 15.2 Å². The van der Waals surface area contributed by atoms with Crippen molar-refractivity contribution in [1.82, 2.24) is 5.32 Å². The molecule has 1 fully saturated rings. The van der Waals surface area contributed by atoms with E-state index in [-0.39, 0.29) is 6.42 Å². The fraction of sp³-hybridized carbons (Fsp3) is 0.909. The molecule has 0 bridgehead atoms. The Balaban J connectivity index is 1.85. The van der Waals surface area contributed by atoms with Gasteiger partial charge in [0, 0.05) is 19.6 Å². The lowest BCUT2D eigenvalue weighted by molar-refractivity contribution is -0.137. The summed E-state index contributed by atoms with van der Waals surface area (Å²) >= 11 is 0. The monoisotopic (exact) mass is 215 g/mol. The number of carboxylic acid groups (broad SMARTS) is 1. The van der Waals surface area contributed by atoms with Crippen molar-refractivity contribution in [1.29, 1.82) is 0 Å². The van der Waals surface area contributed by atoms with Crippen LogP contribution >= 0.6 is 0 Å². The third-order valence-corrected chi connectivity index (χ3v) is 2.81. The highest BCUT2D eigenvalue weighted by molar-refractivity contribution is 5.66. The lowest BCUT2D eigenvalue weighted by Gasteiger charge is -2.21.